The maximum absolute atomic E-state index is 12.1. The summed E-state index contributed by atoms with van der Waals surface area (Å²) in [5.74, 6) is 0.124. The summed E-state index contributed by atoms with van der Waals surface area (Å²) in [5, 5.41) is 12.1. The molecule has 0 fully saturated rings. The Morgan fingerprint density at radius 2 is 1.52 bits per heavy atom. The van der Waals surface area contributed by atoms with Gasteiger partial charge >= 0.3 is 29.6 Å². The van der Waals surface area contributed by atoms with E-state index in [9.17, 15) is 18.1 Å². The van der Waals surface area contributed by atoms with Crippen molar-refractivity contribution in [2.75, 3.05) is 0 Å². The van der Waals surface area contributed by atoms with Crippen molar-refractivity contribution in [2.24, 2.45) is 0 Å². The first kappa shape index (κ1) is 26.0. The molecule has 0 aliphatic rings. The number of benzene rings is 2. The summed E-state index contributed by atoms with van der Waals surface area (Å²) in [6.07, 6.45) is 9.97. The number of ether oxygens (including phenoxy) is 1. The van der Waals surface area contributed by atoms with Crippen LogP contribution in [0.5, 0.6) is 17.2 Å². The van der Waals surface area contributed by atoms with E-state index in [1.165, 1.54) is 38.2 Å². The summed E-state index contributed by atoms with van der Waals surface area (Å²) < 4.78 is 38.1. The fourth-order valence-electron chi connectivity index (χ4n) is 3.14. The molecule has 154 valence electrons. The van der Waals surface area contributed by atoms with Crippen molar-refractivity contribution in [3.8, 4) is 17.2 Å². The molecule has 0 aliphatic heterocycles. The Kier molecular flexibility index (Phi) is 11.9. The van der Waals surface area contributed by atoms with Crippen molar-refractivity contribution in [3.05, 3.63) is 48.0 Å². The van der Waals surface area contributed by atoms with Gasteiger partial charge in [-0.25, -0.2) is 0 Å². The minimum atomic E-state index is -4.60. The molecule has 0 unspecified atom stereocenters. The number of aryl methyl sites for hydroxylation is 1. The molecule has 0 spiro atoms. The van der Waals surface area contributed by atoms with Crippen molar-refractivity contribution in [1.82, 2.24) is 0 Å². The van der Waals surface area contributed by atoms with Crippen LogP contribution in [0.3, 0.4) is 0 Å². The monoisotopic (exact) mass is 428 g/mol. The first-order chi connectivity index (χ1) is 13.4. The first-order valence-electron chi connectivity index (χ1n) is 9.96. The molecule has 7 heteroatoms. The molecule has 2 aromatic rings. The molecule has 0 aromatic heterocycles. The van der Waals surface area contributed by atoms with Crippen LogP contribution in [-0.2, 0) is 16.5 Å². The van der Waals surface area contributed by atoms with Gasteiger partial charge < -0.3 is 9.84 Å². The fraction of sp³-hybridized carbons (Fsp3) is 0.455. The average molecular weight is 429 g/mol. The van der Waals surface area contributed by atoms with E-state index >= 15 is 0 Å². The molecule has 0 amide bonds. The van der Waals surface area contributed by atoms with Crippen LogP contribution in [0.1, 0.15) is 63.9 Å². The molecule has 0 saturated heterocycles. The van der Waals surface area contributed by atoms with E-state index in [4.69, 9.17) is 4.74 Å². The van der Waals surface area contributed by atoms with Gasteiger partial charge in [-0.05, 0) is 30.5 Å². The van der Waals surface area contributed by atoms with Crippen LogP contribution in [-0.4, -0.2) is 13.0 Å². The van der Waals surface area contributed by atoms with E-state index < -0.39 is 20.8 Å². The molecular formula is C22H29NaO5S. The van der Waals surface area contributed by atoms with E-state index in [0.717, 1.165) is 25.3 Å². The number of para-hydroxylation sites is 1. The van der Waals surface area contributed by atoms with E-state index in [2.05, 4.69) is 6.92 Å². The summed E-state index contributed by atoms with van der Waals surface area (Å²) in [4.78, 5) is -0.655. The van der Waals surface area contributed by atoms with Crippen LogP contribution in [0, 0.1) is 0 Å². The molecule has 0 radical (unpaired) electrons. The van der Waals surface area contributed by atoms with Crippen LogP contribution in [0.25, 0.3) is 0 Å². The topological polar surface area (TPSA) is 86.7 Å². The molecule has 2 aromatic carbocycles. The minimum absolute atomic E-state index is 0. The number of hydrogen-bond donors (Lipinski definition) is 1. The predicted octanol–water partition coefficient (Wildman–Crippen LogP) is 2.49. The van der Waals surface area contributed by atoms with Gasteiger partial charge in [-0.2, -0.15) is 8.42 Å². The smallest absolute Gasteiger partial charge is 0.872 e. The van der Waals surface area contributed by atoms with Crippen LogP contribution in [0.4, 0.5) is 0 Å². The van der Waals surface area contributed by atoms with Crippen LogP contribution in [0.2, 0.25) is 0 Å². The molecule has 5 nitrogen and oxygen atoms in total. The SMILES string of the molecule is CCCCCCCCCCc1cc([O-])c(S(=O)(=O)O)cc1Oc1ccccc1.[Na+]. The quantitative estimate of drug-likeness (QED) is 0.319. The van der Waals surface area contributed by atoms with Gasteiger partial charge in [-0.1, -0.05) is 81.9 Å². The van der Waals surface area contributed by atoms with Crippen molar-refractivity contribution in [2.45, 2.75) is 69.6 Å². The molecule has 2 rings (SSSR count). The largest absolute Gasteiger partial charge is 1.00 e. The predicted molar refractivity (Wildman–Crippen MR) is 109 cm³/mol. The van der Waals surface area contributed by atoms with Crippen molar-refractivity contribution >= 4 is 10.1 Å². The van der Waals surface area contributed by atoms with Gasteiger partial charge in [0.2, 0.25) is 0 Å². The maximum atomic E-state index is 12.1. The first-order valence-corrected chi connectivity index (χ1v) is 11.4. The summed E-state index contributed by atoms with van der Waals surface area (Å²) in [6.45, 7) is 2.20. The fourth-order valence-corrected chi connectivity index (χ4v) is 3.71. The molecular weight excluding hydrogens is 399 g/mol. The third-order valence-corrected chi connectivity index (χ3v) is 5.55. The Balaban J connectivity index is 0.00000420. The van der Waals surface area contributed by atoms with Gasteiger partial charge in [0.15, 0.2) is 0 Å². The normalized spacial score (nSPS) is 11.1. The summed E-state index contributed by atoms with van der Waals surface area (Å²) in [6, 6.07) is 11.3. The average Bonchev–Trinajstić information content (AvgIpc) is 2.65. The molecule has 0 aliphatic carbocycles. The molecule has 29 heavy (non-hydrogen) atoms. The van der Waals surface area contributed by atoms with E-state index in [-0.39, 0.29) is 29.6 Å². The molecule has 0 saturated carbocycles. The zero-order chi connectivity index (χ0) is 20.4. The Hall–Kier alpha value is -1.05. The zero-order valence-corrected chi connectivity index (χ0v) is 20.2. The van der Waals surface area contributed by atoms with E-state index in [1.54, 1.807) is 24.3 Å². The van der Waals surface area contributed by atoms with Crippen molar-refractivity contribution in [1.29, 1.82) is 0 Å². The second-order valence-corrected chi connectivity index (χ2v) is 8.41. The Morgan fingerprint density at radius 1 is 0.931 bits per heavy atom. The standard InChI is InChI=1S/C22H30O5S.Na/c1-2-3-4-5-6-7-8-10-13-18-16-20(23)22(28(24,25)26)17-21(18)27-19-14-11-9-12-15-19;/h9,11-12,14-17,23H,2-8,10,13H2,1H3,(H,24,25,26);/q;+1/p-1. The van der Waals surface area contributed by atoms with Crippen molar-refractivity contribution in [3.63, 3.8) is 0 Å². The molecule has 0 atom stereocenters. The Labute approximate surface area is 196 Å². The van der Waals surface area contributed by atoms with Gasteiger partial charge in [-0.3, -0.25) is 4.55 Å². The zero-order valence-electron chi connectivity index (χ0n) is 17.4. The van der Waals surface area contributed by atoms with E-state index in [1.807, 2.05) is 6.07 Å². The minimum Gasteiger partial charge on any atom is -0.872 e. The molecule has 0 heterocycles. The van der Waals surface area contributed by atoms with E-state index in [0.29, 0.717) is 23.5 Å². The van der Waals surface area contributed by atoms with Gasteiger partial charge in [0.05, 0.1) is 4.90 Å². The molecule has 0 bridgehead atoms. The molecule has 1 N–H and O–H groups in total. The third-order valence-electron chi connectivity index (χ3n) is 4.68. The number of rotatable bonds is 12. The third kappa shape index (κ3) is 9.09. The Bertz CT molecular complexity index is 838. The van der Waals surface area contributed by atoms with Crippen molar-refractivity contribution < 1.29 is 52.4 Å². The van der Waals surface area contributed by atoms with Gasteiger partial charge in [0, 0.05) is 6.07 Å². The number of hydrogen-bond acceptors (Lipinski definition) is 4. The van der Waals surface area contributed by atoms with Gasteiger partial charge in [0.1, 0.15) is 11.5 Å². The van der Waals surface area contributed by atoms with Crippen LogP contribution in [0.15, 0.2) is 47.4 Å². The number of unbranched alkanes of at least 4 members (excludes halogenated alkanes) is 7. The Morgan fingerprint density at radius 3 is 2.10 bits per heavy atom. The summed E-state index contributed by atoms with van der Waals surface area (Å²) in [5.41, 5.74) is 0.659. The summed E-state index contributed by atoms with van der Waals surface area (Å²) >= 11 is 0. The van der Waals surface area contributed by atoms with Crippen LogP contribution < -0.4 is 39.4 Å². The van der Waals surface area contributed by atoms with Crippen LogP contribution >= 0.6 is 0 Å². The maximum Gasteiger partial charge on any atom is 1.00 e. The van der Waals surface area contributed by atoms with Gasteiger partial charge in [-0.15, -0.1) is 0 Å². The summed E-state index contributed by atoms with van der Waals surface area (Å²) in [7, 11) is -4.60. The second-order valence-electron chi connectivity index (χ2n) is 7.02. The van der Waals surface area contributed by atoms with Gasteiger partial charge in [0.25, 0.3) is 10.1 Å². The second kappa shape index (κ2) is 13.3.